The van der Waals surface area contributed by atoms with Crippen molar-refractivity contribution >= 4 is 43.4 Å². The summed E-state index contributed by atoms with van der Waals surface area (Å²) in [4.78, 5) is 20.1. The lowest BCUT2D eigenvalue weighted by Gasteiger charge is -2.19. The first kappa shape index (κ1) is 21.0. The second kappa shape index (κ2) is 8.96. The number of thiazole rings is 1. The lowest BCUT2D eigenvalue weighted by molar-refractivity contribution is -0.118. The quantitative estimate of drug-likeness (QED) is 0.307. The van der Waals surface area contributed by atoms with Crippen LogP contribution in [0.3, 0.4) is 0 Å². The van der Waals surface area contributed by atoms with Gasteiger partial charge in [-0.05, 0) is 40.6 Å². The fourth-order valence-corrected chi connectivity index (χ4v) is 5.01. The monoisotopic (exact) mass is 458 g/mol. The molecule has 0 saturated carbocycles. The molecule has 2 aromatic heterocycles. The van der Waals surface area contributed by atoms with Crippen LogP contribution in [0.15, 0.2) is 77.4 Å². The first-order chi connectivity index (χ1) is 16.2. The average Bonchev–Trinajstić information content (AvgIpc) is 3.52. The second-order valence-corrected chi connectivity index (χ2v) is 8.50. The highest BCUT2D eigenvalue weighted by Crippen LogP contribution is 2.40. The number of hydrogen-bond acceptors (Lipinski definition) is 6. The zero-order valence-electron chi connectivity index (χ0n) is 18.3. The largest absolute Gasteiger partial charge is 0.495 e. The van der Waals surface area contributed by atoms with Crippen LogP contribution in [-0.4, -0.2) is 25.1 Å². The summed E-state index contributed by atoms with van der Waals surface area (Å²) in [6.07, 6.45) is 1.85. The normalized spacial score (nSPS) is 11.1. The van der Waals surface area contributed by atoms with Crippen molar-refractivity contribution in [2.45, 2.75) is 13.0 Å². The molecule has 0 aliphatic rings. The van der Waals surface area contributed by atoms with E-state index in [9.17, 15) is 4.79 Å². The number of methoxy groups -OCH3 is 2. The molecule has 0 unspecified atom stereocenters. The van der Waals surface area contributed by atoms with Gasteiger partial charge >= 0.3 is 0 Å². The van der Waals surface area contributed by atoms with E-state index in [2.05, 4.69) is 12.1 Å². The lowest BCUT2D eigenvalue weighted by Crippen LogP contribution is -2.31. The maximum Gasteiger partial charge on any atom is 0.233 e. The van der Waals surface area contributed by atoms with Crippen molar-refractivity contribution in [2.24, 2.45) is 0 Å². The van der Waals surface area contributed by atoms with Gasteiger partial charge in [0.1, 0.15) is 27.5 Å². The third-order valence-electron chi connectivity index (χ3n) is 5.55. The molecule has 6 nitrogen and oxygen atoms in total. The summed E-state index contributed by atoms with van der Waals surface area (Å²) < 4.78 is 17.4. The number of anilines is 1. The van der Waals surface area contributed by atoms with E-state index >= 15 is 0 Å². The molecular formula is C26H22N2O4S. The number of fused-ring (bicyclic) bond motifs is 2. The molecule has 5 rings (SSSR count). The standard InChI is InChI=1S/C26H22N2O4S/c1-30-21-12-13-22(31-2)25-24(21)27-26(33-25)28(16-19-10-6-14-32-19)23(29)15-18-9-5-8-17-7-3-4-11-20(17)18/h3-14H,15-16H2,1-2H3. The number of furan rings is 1. The molecule has 0 saturated heterocycles. The summed E-state index contributed by atoms with van der Waals surface area (Å²) in [5.74, 6) is 1.93. The third kappa shape index (κ3) is 4.03. The molecule has 1 amide bonds. The Morgan fingerprint density at radius 2 is 1.76 bits per heavy atom. The Morgan fingerprint density at radius 3 is 2.55 bits per heavy atom. The Labute approximate surface area is 195 Å². The van der Waals surface area contributed by atoms with E-state index in [0.717, 1.165) is 21.0 Å². The molecule has 0 spiro atoms. The summed E-state index contributed by atoms with van der Waals surface area (Å²) >= 11 is 1.40. The molecule has 7 heteroatoms. The van der Waals surface area contributed by atoms with Crippen LogP contribution in [0.4, 0.5) is 5.13 Å². The fourth-order valence-electron chi connectivity index (χ4n) is 3.92. The first-order valence-electron chi connectivity index (χ1n) is 10.5. The van der Waals surface area contributed by atoms with E-state index in [0.29, 0.717) is 27.9 Å². The predicted octanol–water partition coefficient (Wildman–Crippen LogP) is 5.84. The zero-order chi connectivity index (χ0) is 22.8. The maximum absolute atomic E-state index is 13.7. The van der Waals surface area contributed by atoms with Gasteiger partial charge in [-0.3, -0.25) is 9.69 Å². The van der Waals surface area contributed by atoms with Crippen LogP contribution in [-0.2, 0) is 17.8 Å². The highest BCUT2D eigenvalue weighted by Gasteiger charge is 2.24. The SMILES string of the molecule is COc1ccc(OC)c2sc(N(Cc3ccco3)C(=O)Cc3cccc4ccccc34)nc12. The van der Waals surface area contributed by atoms with Gasteiger partial charge in [0, 0.05) is 0 Å². The summed E-state index contributed by atoms with van der Waals surface area (Å²) in [6, 6.07) is 21.4. The van der Waals surface area contributed by atoms with E-state index in [4.69, 9.17) is 18.9 Å². The number of benzene rings is 3. The van der Waals surface area contributed by atoms with Crippen LogP contribution in [0.25, 0.3) is 21.0 Å². The molecule has 0 N–H and O–H groups in total. The molecule has 5 aromatic rings. The number of aromatic nitrogens is 1. The number of hydrogen-bond donors (Lipinski definition) is 0. The molecule has 0 aliphatic heterocycles. The fraction of sp³-hybridized carbons (Fsp3) is 0.154. The number of amides is 1. The Balaban J connectivity index is 1.57. The third-order valence-corrected chi connectivity index (χ3v) is 6.64. The van der Waals surface area contributed by atoms with Crippen LogP contribution in [0.5, 0.6) is 11.5 Å². The first-order valence-corrected chi connectivity index (χ1v) is 11.3. The van der Waals surface area contributed by atoms with E-state index in [1.165, 1.54) is 11.3 Å². The highest BCUT2D eigenvalue weighted by molar-refractivity contribution is 7.22. The minimum Gasteiger partial charge on any atom is -0.495 e. The Bertz CT molecular complexity index is 1380. The molecule has 33 heavy (non-hydrogen) atoms. The molecule has 0 fully saturated rings. The maximum atomic E-state index is 13.7. The van der Waals surface area contributed by atoms with Gasteiger partial charge in [0.15, 0.2) is 5.13 Å². The van der Waals surface area contributed by atoms with E-state index in [1.807, 2.05) is 54.6 Å². The van der Waals surface area contributed by atoms with Gasteiger partial charge in [-0.15, -0.1) is 0 Å². The predicted molar refractivity (Wildman–Crippen MR) is 130 cm³/mol. The van der Waals surface area contributed by atoms with Crippen LogP contribution in [0.1, 0.15) is 11.3 Å². The van der Waals surface area contributed by atoms with Gasteiger partial charge in [0.25, 0.3) is 0 Å². The molecule has 2 heterocycles. The molecule has 3 aromatic carbocycles. The van der Waals surface area contributed by atoms with Crippen molar-refractivity contribution in [1.29, 1.82) is 0 Å². The van der Waals surface area contributed by atoms with Gasteiger partial charge in [-0.1, -0.05) is 53.8 Å². The van der Waals surface area contributed by atoms with Crippen molar-refractivity contribution in [1.82, 2.24) is 4.98 Å². The molecule has 0 aliphatic carbocycles. The van der Waals surface area contributed by atoms with Gasteiger partial charge in [-0.2, -0.15) is 0 Å². The van der Waals surface area contributed by atoms with Crippen molar-refractivity contribution < 1.29 is 18.7 Å². The van der Waals surface area contributed by atoms with Crippen molar-refractivity contribution in [3.8, 4) is 11.5 Å². The Morgan fingerprint density at radius 1 is 0.970 bits per heavy atom. The Hall–Kier alpha value is -3.84. The number of carbonyl (C=O) groups is 1. The summed E-state index contributed by atoms with van der Waals surface area (Å²) in [6.45, 7) is 0.279. The summed E-state index contributed by atoms with van der Waals surface area (Å²) in [5, 5.41) is 2.74. The van der Waals surface area contributed by atoms with Crippen LogP contribution in [0.2, 0.25) is 0 Å². The number of rotatable bonds is 7. The average molecular weight is 459 g/mol. The zero-order valence-corrected chi connectivity index (χ0v) is 19.1. The van der Waals surface area contributed by atoms with Gasteiger partial charge < -0.3 is 13.9 Å². The number of ether oxygens (including phenoxy) is 2. The van der Waals surface area contributed by atoms with Crippen LogP contribution < -0.4 is 14.4 Å². The second-order valence-electron chi connectivity index (χ2n) is 7.52. The summed E-state index contributed by atoms with van der Waals surface area (Å²) in [5.41, 5.74) is 1.64. The molecular weight excluding hydrogens is 436 g/mol. The van der Waals surface area contributed by atoms with E-state index in [-0.39, 0.29) is 18.9 Å². The number of nitrogens with zero attached hydrogens (tertiary/aromatic N) is 2. The van der Waals surface area contributed by atoms with E-state index in [1.54, 1.807) is 25.4 Å². The summed E-state index contributed by atoms with van der Waals surface area (Å²) in [7, 11) is 3.22. The van der Waals surface area contributed by atoms with Crippen LogP contribution in [0, 0.1) is 0 Å². The topological polar surface area (TPSA) is 64.8 Å². The van der Waals surface area contributed by atoms with Gasteiger partial charge in [0.2, 0.25) is 5.91 Å². The van der Waals surface area contributed by atoms with Crippen LogP contribution >= 0.6 is 11.3 Å². The van der Waals surface area contributed by atoms with Gasteiger partial charge in [0.05, 0.1) is 33.4 Å². The van der Waals surface area contributed by atoms with E-state index < -0.39 is 0 Å². The minimum atomic E-state index is -0.0697. The lowest BCUT2D eigenvalue weighted by atomic mass is 10.0. The molecule has 0 bridgehead atoms. The Kier molecular flexibility index (Phi) is 5.71. The van der Waals surface area contributed by atoms with Gasteiger partial charge in [-0.25, -0.2) is 4.98 Å². The molecule has 0 radical (unpaired) electrons. The highest BCUT2D eigenvalue weighted by atomic mass is 32.1. The van der Waals surface area contributed by atoms with Crippen molar-refractivity contribution in [3.63, 3.8) is 0 Å². The molecule has 166 valence electrons. The minimum absolute atomic E-state index is 0.0697. The smallest absolute Gasteiger partial charge is 0.233 e. The van der Waals surface area contributed by atoms with Crippen molar-refractivity contribution in [2.75, 3.05) is 19.1 Å². The molecule has 0 atom stereocenters. The number of carbonyl (C=O) groups excluding carboxylic acids is 1. The van der Waals surface area contributed by atoms with Crippen molar-refractivity contribution in [3.05, 3.63) is 84.3 Å².